The first-order valence-corrected chi connectivity index (χ1v) is 7.02. The Morgan fingerprint density at radius 2 is 2.05 bits per heavy atom. The normalized spacial score (nSPS) is 11.0. The number of fused-ring (bicyclic) bond motifs is 1. The quantitative estimate of drug-likeness (QED) is 0.799. The second-order valence-corrected chi connectivity index (χ2v) is 5.22. The predicted octanol–water partition coefficient (Wildman–Crippen LogP) is 3.18. The Bertz CT molecular complexity index is 777. The van der Waals surface area contributed by atoms with Crippen LogP contribution in [0.15, 0.2) is 42.5 Å². The summed E-state index contributed by atoms with van der Waals surface area (Å²) in [5.74, 6) is 1.34. The fourth-order valence-corrected chi connectivity index (χ4v) is 2.60. The molecule has 0 aliphatic carbocycles. The van der Waals surface area contributed by atoms with E-state index in [0.29, 0.717) is 5.95 Å². The fraction of sp³-hybridized carbons (Fsp3) is 0.235. The number of ether oxygens (including phenoxy) is 1. The number of nitrogens with zero attached hydrogens (tertiary/aromatic N) is 2. The number of nitrogen functional groups attached to an aromatic ring is 1. The van der Waals surface area contributed by atoms with Crippen molar-refractivity contribution in [2.24, 2.45) is 0 Å². The van der Waals surface area contributed by atoms with Gasteiger partial charge in [0.25, 0.3) is 0 Å². The van der Waals surface area contributed by atoms with E-state index >= 15 is 0 Å². The Hall–Kier alpha value is -2.49. The van der Waals surface area contributed by atoms with Crippen molar-refractivity contribution >= 4 is 17.0 Å². The Morgan fingerprint density at radius 1 is 1.19 bits per heavy atom. The second kappa shape index (κ2) is 5.48. The molecule has 0 fully saturated rings. The molecule has 0 bridgehead atoms. The monoisotopic (exact) mass is 281 g/mol. The summed E-state index contributed by atoms with van der Waals surface area (Å²) >= 11 is 0. The van der Waals surface area contributed by atoms with Gasteiger partial charge in [0.05, 0.1) is 18.1 Å². The Labute approximate surface area is 124 Å². The second-order valence-electron chi connectivity index (χ2n) is 5.22. The van der Waals surface area contributed by atoms with Gasteiger partial charge in [0.2, 0.25) is 5.95 Å². The van der Waals surface area contributed by atoms with Crippen molar-refractivity contribution in [3.05, 3.63) is 53.6 Å². The number of hydrogen-bond donors (Lipinski definition) is 1. The van der Waals surface area contributed by atoms with Gasteiger partial charge in [0.15, 0.2) is 0 Å². The SMILES string of the molecule is COc1ccc2c(c1)nc(N)n2CCc1cccc(C)c1. The van der Waals surface area contributed by atoms with Crippen LogP contribution in [0.5, 0.6) is 5.75 Å². The van der Waals surface area contributed by atoms with Gasteiger partial charge in [0, 0.05) is 12.6 Å². The van der Waals surface area contributed by atoms with Gasteiger partial charge in [-0.3, -0.25) is 0 Å². The molecule has 0 saturated heterocycles. The molecule has 2 aromatic carbocycles. The highest BCUT2D eigenvalue weighted by Crippen LogP contribution is 2.23. The number of aromatic nitrogens is 2. The van der Waals surface area contributed by atoms with Crippen LogP contribution < -0.4 is 10.5 Å². The van der Waals surface area contributed by atoms with Crippen molar-refractivity contribution in [1.82, 2.24) is 9.55 Å². The standard InChI is InChI=1S/C17H19N3O/c1-12-4-3-5-13(10-12)8-9-20-16-7-6-14(21-2)11-15(16)19-17(20)18/h3-7,10-11H,8-9H2,1-2H3,(H2,18,19). The summed E-state index contributed by atoms with van der Waals surface area (Å²) in [6, 6.07) is 14.4. The van der Waals surface area contributed by atoms with Crippen LogP contribution in [0.3, 0.4) is 0 Å². The van der Waals surface area contributed by atoms with Gasteiger partial charge in [0.1, 0.15) is 5.75 Å². The summed E-state index contributed by atoms with van der Waals surface area (Å²) in [7, 11) is 1.65. The number of hydrogen-bond acceptors (Lipinski definition) is 3. The van der Waals surface area contributed by atoms with Gasteiger partial charge in [-0.15, -0.1) is 0 Å². The van der Waals surface area contributed by atoms with Crippen molar-refractivity contribution in [1.29, 1.82) is 0 Å². The lowest BCUT2D eigenvalue weighted by molar-refractivity contribution is 0.415. The Kier molecular flexibility index (Phi) is 3.52. The Morgan fingerprint density at radius 3 is 2.81 bits per heavy atom. The third kappa shape index (κ3) is 2.70. The van der Waals surface area contributed by atoms with Gasteiger partial charge in [-0.2, -0.15) is 0 Å². The highest BCUT2D eigenvalue weighted by Gasteiger charge is 2.09. The number of methoxy groups -OCH3 is 1. The van der Waals surface area contributed by atoms with Crippen LogP contribution in [0.25, 0.3) is 11.0 Å². The molecule has 0 saturated carbocycles. The molecule has 0 atom stereocenters. The largest absolute Gasteiger partial charge is 0.497 e. The lowest BCUT2D eigenvalue weighted by Gasteiger charge is -2.07. The summed E-state index contributed by atoms with van der Waals surface area (Å²) in [5, 5.41) is 0. The van der Waals surface area contributed by atoms with Crippen LogP contribution in [0.4, 0.5) is 5.95 Å². The van der Waals surface area contributed by atoms with E-state index in [4.69, 9.17) is 10.5 Å². The molecule has 0 unspecified atom stereocenters. The van der Waals surface area contributed by atoms with Gasteiger partial charge in [-0.1, -0.05) is 29.8 Å². The van der Waals surface area contributed by atoms with Crippen molar-refractivity contribution in [3.63, 3.8) is 0 Å². The number of anilines is 1. The van der Waals surface area contributed by atoms with Crippen LogP contribution in [0, 0.1) is 6.92 Å². The van der Waals surface area contributed by atoms with Crippen LogP contribution in [0.2, 0.25) is 0 Å². The molecular weight excluding hydrogens is 262 g/mol. The van der Waals surface area contributed by atoms with E-state index in [-0.39, 0.29) is 0 Å². The molecule has 0 radical (unpaired) electrons. The van der Waals surface area contributed by atoms with E-state index in [1.807, 2.05) is 18.2 Å². The molecule has 4 nitrogen and oxygen atoms in total. The molecule has 21 heavy (non-hydrogen) atoms. The molecule has 1 heterocycles. The van der Waals surface area contributed by atoms with E-state index in [1.165, 1.54) is 11.1 Å². The zero-order chi connectivity index (χ0) is 14.8. The van der Waals surface area contributed by atoms with Crippen molar-refractivity contribution in [2.45, 2.75) is 19.9 Å². The zero-order valence-electron chi connectivity index (χ0n) is 12.3. The minimum absolute atomic E-state index is 0.547. The molecule has 2 N–H and O–H groups in total. The summed E-state index contributed by atoms with van der Waals surface area (Å²) in [6.07, 6.45) is 0.934. The average molecular weight is 281 g/mol. The lowest BCUT2D eigenvalue weighted by Crippen LogP contribution is -2.05. The number of aryl methyl sites for hydroxylation is 3. The zero-order valence-corrected chi connectivity index (χ0v) is 12.3. The van der Waals surface area contributed by atoms with E-state index in [0.717, 1.165) is 29.7 Å². The first-order valence-electron chi connectivity index (χ1n) is 7.02. The van der Waals surface area contributed by atoms with Gasteiger partial charge in [-0.05, 0) is 31.0 Å². The first kappa shape index (κ1) is 13.5. The maximum atomic E-state index is 6.05. The Balaban J connectivity index is 1.88. The summed E-state index contributed by atoms with van der Waals surface area (Å²) in [4.78, 5) is 4.41. The number of rotatable bonds is 4. The minimum Gasteiger partial charge on any atom is -0.497 e. The molecule has 3 rings (SSSR count). The van der Waals surface area contributed by atoms with E-state index in [2.05, 4.69) is 40.7 Å². The molecule has 4 heteroatoms. The third-order valence-corrected chi connectivity index (χ3v) is 3.69. The predicted molar refractivity (Wildman–Crippen MR) is 85.6 cm³/mol. The maximum Gasteiger partial charge on any atom is 0.201 e. The van der Waals surface area contributed by atoms with Crippen molar-refractivity contribution < 1.29 is 4.74 Å². The molecule has 108 valence electrons. The molecule has 0 aliphatic heterocycles. The molecular formula is C17H19N3O. The first-order chi connectivity index (χ1) is 10.2. The smallest absolute Gasteiger partial charge is 0.201 e. The van der Waals surface area contributed by atoms with Gasteiger partial charge >= 0.3 is 0 Å². The molecule has 0 amide bonds. The highest BCUT2D eigenvalue weighted by atomic mass is 16.5. The summed E-state index contributed by atoms with van der Waals surface area (Å²) in [6.45, 7) is 2.93. The molecule has 0 aliphatic rings. The van der Waals surface area contributed by atoms with Gasteiger partial charge in [-0.25, -0.2) is 4.98 Å². The molecule has 0 spiro atoms. The van der Waals surface area contributed by atoms with Crippen molar-refractivity contribution in [2.75, 3.05) is 12.8 Å². The highest BCUT2D eigenvalue weighted by molar-refractivity contribution is 5.79. The minimum atomic E-state index is 0.547. The fourth-order valence-electron chi connectivity index (χ4n) is 2.60. The van der Waals surface area contributed by atoms with E-state index in [9.17, 15) is 0 Å². The van der Waals surface area contributed by atoms with E-state index < -0.39 is 0 Å². The number of benzene rings is 2. The number of imidazole rings is 1. The van der Waals surface area contributed by atoms with E-state index in [1.54, 1.807) is 7.11 Å². The van der Waals surface area contributed by atoms with Crippen LogP contribution in [-0.2, 0) is 13.0 Å². The average Bonchev–Trinajstić information content (AvgIpc) is 2.79. The number of nitrogens with two attached hydrogens (primary N) is 1. The topological polar surface area (TPSA) is 53.1 Å². The molecule has 3 aromatic rings. The summed E-state index contributed by atoms with van der Waals surface area (Å²) in [5.41, 5.74) is 10.6. The van der Waals surface area contributed by atoms with Gasteiger partial charge < -0.3 is 15.0 Å². The van der Waals surface area contributed by atoms with Crippen LogP contribution >= 0.6 is 0 Å². The van der Waals surface area contributed by atoms with Crippen molar-refractivity contribution in [3.8, 4) is 5.75 Å². The molecule has 1 aromatic heterocycles. The third-order valence-electron chi connectivity index (χ3n) is 3.69. The maximum absolute atomic E-state index is 6.05. The van der Waals surface area contributed by atoms with Crippen LogP contribution in [-0.4, -0.2) is 16.7 Å². The van der Waals surface area contributed by atoms with Crippen LogP contribution in [0.1, 0.15) is 11.1 Å². The summed E-state index contributed by atoms with van der Waals surface area (Å²) < 4.78 is 7.28. The lowest BCUT2D eigenvalue weighted by atomic mass is 10.1.